The SMILES string of the molecule is CNCCC(=O)Nc1nnc(C(F)(F)F)s1.Cl. The van der Waals surface area contributed by atoms with Crippen LogP contribution in [0.1, 0.15) is 11.4 Å². The first kappa shape index (κ1) is 16.1. The molecule has 10 heteroatoms. The van der Waals surface area contributed by atoms with Crippen molar-refractivity contribution in [3.05, 3.63) is 5.01 Å². The van der Waals surface area contributed by atoms with Crippen molar-refractivity contribution in [2.45, 2.75) is 12.6 Å². The number of alkyl halides is 3. The molecule has 0 aromatic carbocycles. The van der Waals surface area contributed by atoms with Crippen molar-refractivity contribution in [2.75, 3.05) is 18.9 Å². The van der Waals surface area contributed by atoms with Crippen molar-refractivity contribution in [1.82, 2.24) is 15.5 Å². The van der Waals surface area contributed by atoms with Gasteiger partial charge in [0.2, 0.25) is 16.0 Å². The van der Waals surface area contributed by atoms with Crippen molar-refractivity contribution < 1.29 is 18.0 Å². The molecule has 0 atom stereocenters. The van der Waals surface area contributed by atoms with Crippen molar-refractivity contribution in [3.8, 4) is 0 Å². The number of hydrogen-bond donors (Lipinski definition) is 2. The number of amides is 1. The lowest BCUT2D eigenvalue weighted by Crippen LogP contribution is -2.18. The second-order valence-corrected chi connectivity index (χ2v) is 3.79. The normalized spacial score (nSPS) is 10.8. The average Bonchev–Trinajstić information content (AvgIpc) is 2.62. The summed E-state index contributed by atoms with van der Waals surface area (Å²) in [6.07, 6.45) is -4.36. The highest BCUT2D eigenvalue weighted by Gasteiger charge is 2.35. The first-order chi connectivity index (χ1) is 7.43. The molecule has 1 aromatic rings. The summed E-state index contributed by atoms with van der Waals surface area (Å²) < 4.78 is 36.4. The quantitative estimate of drug-likeness (QED) is 0.882. The Balaban J connectivity index is 0.00000256. The summed E-state index contributed by atoms with van der Waals surface area (Å²) >= 11 is 0.302. The van der Waals surface area contributed by atoms with Crippen LogP contribution in [0.5, 0.6) is 0 Å². The van der Waals surface area contributed by atoms with Crippen molar-refractivity contribution in [3.63, 3.8) is 0 Å². The van der Waals surface area contributed by atoms with E-state index in [1.807, 2.05) is 0 Å². The van der Waals surface area contributed by atoms with Gasteiger partial charge in [-0.25, -0.2) is 0 Å². The van der Waals surface area contributed by atoms with Crippen molar-refractivity contribution in [2.24, 2.45) is 0 Å². The summed E-state index contributed by atoms with van der Waals surface area (Å²) in [5.74, 6) is -0.403. The van der Waals surface area contributed by atoms with E-state index in [0.29, 0.717) is 17.9 Å². The zero-order chi connectivity index (χ0) is 12.2. The van der Waals surface area contributed by atoms with Crippen LogP contribution in [0, 0.1) is 0 Å². The molecule has 1 aromatic heterocycles. The molecule has 1 amide bonds. The van der Waals surface area contributed by atoms with E-state index in [2.05, 4.69) is 20.8 Å². The van der Waals surface area contributed by atoms with E-state index in [4.69, 9.17) is 0 Å². The van der Waals surface area contributed by atoms with Gasteiger partial charge in [-0.05, 0) is 7.05 Å². The number of nitrogens with zero attached hydrogens (tertiary/aromatic N) is 2. The van der Waals surface area contributed by atoms with Crippen LogP contribution in [-0.2, 0) is 11.0 Å². The molecule has 1 heterocycles. The van der Waals surface area contributed by atoms with Gasteiger partial charge in [-0.2, -0.15) is 13.2 Å². The van der Waals surface area contributed by atoms with E-state index in [1.54, 1.807) is 7.05 Å². The first-order valence-electron chi connectivity index (χ1n) is 4.28. The van der Waals surface area contributed by atoms with Gasteiger partial charge in [-0.3, -0.25) is 4.79 Å². The van der Waals surface area contributed by atoms with Gasteiger partial charge in [0.15, 0.2) is 0 Å². The maximum Gasteiger partial charge on any atom is 0.445 e. The molecule has 5 nitrogen and oxygen atoms in total. The molecule has 98 valence electrons. The molecular formula is C7H10ClF3N4OS. The molecule has 17 heavy (non-hydrogen) atoms. The molecule has 1 rings (SSSR count). The Kier molecular flexibility index (Phi) is 6.35. The highest BCUT2D eigenvalue weighted by molar-refractivity contribution is 7.15. The van der Waals surface area contributed by atoms with Gasteiger partial charge < -0.3 is 10.6 Å². The minimum absolute atomic E-state index is 0. The van der Waals surface area contributed by atoms with E-state index in [1.165, 1.54) is 0 Å². The van der Waals surface area contributed by atoms with Crippen LogP contribution in [0.2, 0.25) is 0 Å². The standard InChI is InChI=1S/C7H9F3N4OS.ClH/c1-11-3-2-4(15)12-6-14-13-5(16-6)7(8,9)10;/h11H,2-3H2,1H3,(H,12,14,15);1H. The Morgan fingerprint density at radius 1 is 1.41 bits per heavy atom. The summed E-state index contributed by atoms with van der Waals surface area (Å²) in [4.78, 5) is 11.1. The number of halogens is 4. The molecule has 0 radical (unpaired) electrons. The molecule has 0 bridgehead atoms. The van der Waals surface area contributed by atoms with Crippen molar-refractivity contribution in [1.29, 1.82) is 0 Å². The van der Waals surface area contributed by atoms with E-state index in [0.717, 1.165) is 0 Å². The number of rotatable bonds is 4. The predicted octanol–water partition coefficient (Wildman–Crippen LogP) is 1.53. The molecule has 0 saturated carbocycles. The lowest BCUT2D eigenvalue weighted by Gasteiger charge is -2.00. The summed E-state index contributed by atoms with van der Waals surface area (Å²) in [5, 5.41) is 9.92. The molecule has 0 aliphatic rings. The third kappa shape index (κ3) is 5.29. The number of carbonyl (C=O) groups excluding carboxylic acids is 1. The first-order valence-corrected chi connectivity index (χ1v) is 5.10. The van der Waals surface area contributed by atoms with Gasteiger partial charge in [0.05, 0.1) is 0 Å². The number of hydrogen-bond acceptors (Lipinski definition) is 5. The fraction of sp³-hybridized carbons (Fsp3) is 0.571. The van der Waals surface area contributed by atoms with Gasteiger partial charge in [0.1, 0.15) is 0 Å². The van der Waals surface area contributed by atoms with Gasteiger partial charge in [-0.15, -0.1) is 22.6 Å². The van der Waals surface area contributed by atoms with E-state index in [-0.39, 0.29) is 24.0 Å². The molecule has 0 aliphatic heterocycles. The van der Waals surface area contributed by atoms with Gasteiger partial charge in [-0.1, -0.05) is 11.3 Å². The molecular weight excluding hydrogens is 281 g/mol. The van der Waals surface area contributed by atoms with Crippen LogP contribution in [-0.4, -0.2) is 29.7 Å². The fourth-order valence-electron chi connectivity index (χ4n) is 0.809. The van der Waals surface area contributed by atoms with Crippen LogP contribution in [0.4, 0.5) is 18.3 Å². The third-order valence-corrected chi connectivity index (χ3v) is 2.40. The smallest absolute Gasteiger partial charge is 0.319 e. The maximum atomic E-state index is 12.1. The largest absolute Gasteiger partial charge is 0.445 e. The van der Waals surface area contributed by atoms with Crippen molar-refractivity contribution >= 4 is 34.8 Å². The monoisotopic (exact) mass is 290 g/mol. The molecule has 0 unspecified atom stereocenters. The van der Waals surface area contributed by atoms with Crippen LogP contribution in [0.25, 0.3) is 0 Å². The number of carbonyl (C=O) groups is 1. The fourth-order valence-corrected chi connectivity index (χ4v) is 1.44. The lowest BCUT2D eigenvalue weighted by molar-refractivity contribution is -0.138. The van der Waals surface area contributed by atoms with Crippen LogP contribution in [0.15, 0.2) is 0 Å². The Bertz CT molecular complexity index is 370. The zero-order valence-electron chi connectivity index (χ0n) is 8.67. The second-order valence-electron chi connectivity index (χ2n) is 2.81. The molecule has 2 N–H and O–H groups in total. The Labute approximate surface area is 105 Å². The predicted molar refractivity (Wildman–Crippen MR) is 59.3 cm³/mol. The summed E-state index contributed by atoms with van der Waals surface area (Å²) in [6, 6.07) is 0. The molecule has 0 spiro atoms. The van der Waals surface area contributed by atoms with Crippen LogP contribution in [0.3, 0.4) is 0 Å². The summed E-state index contributed by atoms with van der Waals surface area (Å²) in [7, 11) is 1.67. The number of nitrogens with one attached hydrogen (secondary N) is 2. The Morgan fingerprint density at radius 3 is 2.53 bits per heavy atom. The van der Waals surface area contributed by atoms with Gasteiger partial charge in [0.25, 0.3) is 0 Å². The van der Waals surface area contributed by atoms with Gasteiger partial charge in [0, 0.05) is 13.0 Å². The second kappa shape index (κ2) is 6.72. The van der Waals surface area contributed by atoms with E-state index in [9.17, 15) is 18.0 Å². The summed E-state index contributed by atoms with van der Waals surface area (Å²) in [6.45, 7) is 0.441. The average molecular weight is 291 g/mol. The Hall–Kier alpha value is -0.930. The summed E-state index contributed by atoms with van der Waals surface area (Å²) in [5.41, 5.74) is 0. The minimum atomic E-state index is -4.52. The van der Waals surface area contributed by atoms with Crippen LogP contribution < -0.4 is 10.6 Å². The molecule has 0 fully saturated rings. The topological polar surface area (TPSA) is 66.9 Å². The Morgan fingerprint density at radius 2 is 2.06 bits per heavy atom. The van der Waals surface area contributed by atoms with Crippen LogP contribution >= 0.6 is 23.7 Å². The highest BCUT2D eigenvalue weighted by Crippen LogP contribution is 2.32. The highest BCUT2D eigenvalue weighted by atomic mass is 35.5. The molecule has 0 saturated heterocycles. The molecule has 0 aliphatic carbocycles. The zero-order valence-corrected chi connectivity index (χ0v) is 10.3. The number of aromatic nitrogens is 2. The number of anilines is 1. The third-order valence-electron chi connectivity index (χ3n) is 1.52. The van der Waals surface area contributed by atoms with Gasteiger partial charge >= 0.3 is 6.18 Å². The van der Waals surface area contributed by atoms with E-state index < -0.39 is 17.1 Å². The lowest BCUT2D eigenvalue weighted by atomic mass is 10.4. The minimum Gasteiger partial charge on any atom is -0.319 e. The maximum absolute atomic E-state index is 12.1. The van der Waals surface area contributed by atoms with E-state index >= 15 is 0 Å².